The van der Waals surface area contributed by atoms with E-state index in [9.17, 15) is 0 Å². The molecular weight excluding hydrogens is 198 g/mol. The van der Waals surface area contributed by atoms with E-state index in [4.69, 9.17) is 17.3 Å². The number of nitrogens with one attached hydrogen (secondary N) is 1. The fraction of sp³-hybridized carbons (Fsp3) is 0.300. The van der Waals surface area contributed by atoms with E-state index in [0.717, 1.165) is 23.6 Å². The number of nitrogens with two attached hydrogens (primary N) is 1. The molecule has 1 aromatic carbocycles. The Kier molecular flexibility index (Phi) is 2.59. The van der Waals surface area contributed by atoms with Crippen LogP contribution in [-0.2, 0) is 0 Å². The summed E-state index contributed by atoms with van der Waals surface area (Å²) >= 11 is 5.91. The largest absolute Gasteiger partial charge is 0.370 e. The smallest absolute Gasteiger partial charge is 0.189 e. The standard InChI is InChI=1S/C10H12ClN3/c11-8-3-1-2-7(6-8)9-4-5-13-10(12)14-9/h1-3,6,9H,4-5H2,(H3,12,13,14). The predicted octanol–water partition coefficient (Wildman–Crippen LogP) is 1.69. The summed E-state index contributed by atoms with van der Waals surface area (Å²) in [5, 5.41) is 3.74. The zero-order valence-electron chi connectivity index (χ0n) is 7.70. The summed E-state index contributed by atoms with van der Waals surface area (Å²) in [6, 6.07) is 7.91. The molecule has 0 radical (unpaired) electrons. The quantitative estimate of drug-likeness (QED) is 0.740. The topological polar surface area (TPSA) is 50.4 Å². The molecule has 3 nitrogen and oxygen atoms in total. The van der Waals surface area contributed by atoms with E-state index in [-0.39, 0.29) is 6.04 Å². The predicted molar refractivity (Wildman–Crippen MR) is 58.4 cm³/mol. The third-order valence-corrected chi connectivity index (χ3v) is 2.49. The minimum Gasteiger partial charge on any atom is -0.370 e. The van der Waals surface area contributed by atoms with Gasteiger partial charge in [0.1, 0.15) is 0 Å². The molecule has 1 heterocycles. The van der Waals surface area contributed by atoms with Crippen molar-refractivity contribution >= 4 is 17.6 Å². The molecule has 0 spiro atoms. The van der Waals surface area contributed by atoms with Gasteiger partial charge in [-0.3, -0.25) is 0 Å². The summed E-state index contributed by atoms with van der Waals surface area (Å²) < 4.78 is 0. The van der Waals surface area contributed by atoms with Gasteiger partial charge >= 0.3 is 0 Å². The van der Waals surface area contributed by atoms with Crippen LogP contribution in [0.25, 0.3) is 0 Å². The number of benzene rings is 1. The molecule has 1 atom stereocenters. The van der Waals surface area contributed by atoms with E-state index in [1.807, 2.05) is 24.3 Å². The first-order chi connectivity index (χ1) is 6.75. The highest BCUT2D eigenvalue weighted by atomic mass is 35.5. The number of hydrogen-bond acceptors (Lipinski definition) is 3. The Bertz CT molecular complexity index is 362. The fourth-order valence-corrected chi connectivity index (χ4v) is 1.77. The Morgan fingerprint density at radius 1 is 1.50 bits per heavy atom. The van der Waals surface area contributed by atoms with E-state index < -0.39 is 0 Å². The average Bonchev–Trinajstić information content (AvgIpc) is 2.18. The van der Waals surface area contributed by atoms with Gasteiger partial charge in [0.05, 0.1) is 6.04 Å². The van der Waals surface area contributed by atoms with Crippen molar-refractivity contribution in [3.63, 3.8) is 0 Å². The van der Waals surface area contributed by atoms with Crippen molar-refractivity contribution < 1.29 is 0 Å². The molecule has 0 bridgehead atoms. The van der Waals surface area contributed by atoms with Gasteiger partial charge in [-0.2, -0.15) is 0 Å². The highest BCUT2D eigenvalue weighted by Crippen LogP contribution is 2.24. The monoisotopic (exact) mass is 209 g/mol. The number of nitrogens with zero attached hydrogens (tertiary/aromatic N) is 1. The van der Waals surface area contributed by atoms with Crippen LogP contribution in [0.15, 0.2) is 29.3 Å². The van der Waals surface area contributed by atoms with Crippen LogP contribution in [0.4, 0.5) is 0 Å². The van der Waals surface area contributed by atoms with E-state index in [2.05, 4.69) is 10.3 Å². The summed E-state index contributed by atoms with van der Waals surface area (Å²) in [5.41, 5.74) is 6.73. The first-order valence-corrected chi connectivity index (χ1v) is 4.96. The van der Waals surface area contributed by atoms with Crippen molar-refractivity contribution in [2.24, 2.45) is 10.7 Å². The molecule has 1 aliphatic heterocycles. The zero-order chi connectivity index (χ0) is 9.97. The molecule has 2 rings (SSSR count). The molecule has 0 saturated carbocycles. The lowest BCUT2D eigenvalue weighted by Gasteiger charge is -2.20. The summed E-state index contributed by atoms with van der Waals surface area (Å²) in [6.07, 6.45) is 0.959. The Labute approximate surface area is 88.0 Å². The van der Waals surface area contributed by atoms with Crippen LogP contribution in [0.2, 0.25) is 5.02 Å². The summed E-state index contributed by atoms with van der Waals surface area (Å²) in [6.45, 7) is 0.868. The minimum atomic E-state index is 0.148. The molecule has 1 aromatic rings. The molecule has 1 aliphatic rings. The van der Waals surface area contributed by atoms with Crippen molar-refractivity contribution in [3.05, 3.63) is 34.9 Å². The molecule has 1 unspecified atom stereocenters. The van der Waals surface area contributed by atoms with Gasteiger partial charge < -0.3 is 11.1 Å². The highest BCUT2D eigenvalue weighted by Gasteiger charge is 2.14. The Balaban J connectivity index is 2.26. The number of guanidine groups is 1. The van der Waals surface area contributed by atoms with E-state index >= 15 is 0 Å². The van der Waals surface area contributed by atoms with Gasteiger partial charge in [0, 0.05) is 11.6 Å². The van der Waals surface area contributed by atoms with Gasteiger partial charge in [0.25, 0.3) is 0 Å². The third kappa shape index (κ3) is 1.99. The van der Waals surface area contributed by atoms with Crippen LogP contribution in [0, 0.1) is 0 Å². The van der Waals surface area contributed by atoms with Crippen LogP contribution < -0.4 is 11.1 Å². The van der Waals surface area contributed by atoms with Gasteiger partial charge in [0.15, 0.2) is 5.96 Å². The van der Waals surface area contributed by atoms with E-state index in [1.165, 1.54) is 0 Å². The van der Waals surface area contributed by atoms with Crippen LogP contribution in [0.5, 0.6) is 0 Å². The second-order valence-corrected chi connectivity index (χ2v) is 3.74. The Hall–Kier alpha value is -1.22. The number of hydrogen-bond donors (Lipinski definition) is 2. The first-order valence-electron chi connectivity index (χ1n) is 4.58. The summed E-state index contributed by atoms with van der Waals surface area (Å²) in [4.78, 5) is 4.32. The molecule has 0 aromatic heterocycles. The van der Waals surface area contributed by atoms with Gasteiger partial charge in [-0.15, -0.1) is 0 Å². The molecule has 74 valence electrons. The fourth-order valence-electron chi connectivity index (χ4n) is 1.57. The number of rotatable bonds is 1. The van der Waals surface area contributed by atoms with Crippen LogP contribution in [-0.4, -0.2) is 12.5 Å². The Morgan fingerprint density at radius 2 is 2.36 bits per heavy atom. The van der Waals surface area contributed by atoms with Crippen molar-refractivity contribution in [2.75, 3.05) is 6.54 Å². The minimum absolute atomic E-state index is 0.148. The van der Waals surface area contributed by atoms with Gasteiger partial charge in [0.2, 0.25) is 0 Å². The van der Waals surface area contributed by atoms with Gasteiger partial charge in [-0.25, -0.2) is 4.99 Å². The van der Waals surface area contributed by atoms with Gasteiger partial charge in [-0.1, -0.05) is 23.7 Å². The van der Waals surface area contributed by atoms with Crippen molar-refractivity contribution in [1.82, 2.24) is 5.32 Å². The lowest BCUT2D eigenvalue weighted by molar-refractivity contribution is 0.601. The SMILES string of the molecule is NC1=NC(c2cccc(Cl)c2)CCN1. The molecule has 4 heteroatoms. The van der Waals surface area contributed by atoms with Crippen LogP contribution in [0.1, 0.15) is 18.0 Å². The number of halogens is 1. The zero-order valence-corrected chi connectivity index (χ0v) is 8.46. The molecular formula is C10H12ClN3. The maximum atomic E-state index is 5.91. The van der Waals surface area contributed by atoms with E-state index in [1.54, 1.807) is 0 Å². The lowest BCUT2D eigenvalue weighted by Crippen LogP contribution is -2.36. The molecule has 0 aliphatic carbocycles. The Morgan fingerprint density at radius 3 is 3.07 bits per heavy atom. The van der Waals surface area contributed by atoms with Gasteiger partial charge in [-0.05, 0) is 24.1 Å². The van der Waals surface area contributed by atoms with Crippen LogP contribution >= 0.6 is 11.6 Å². The second kappa shape index (κ2) is 3.88. The molecule has 3 N–H and O–H groups in total. The van der Waals surface area contributed by atoms with Crippen molar-refractivity contribution in [3.8, 4) is 0 Å². The number of aliphatic imine (C=N–C) groups is 1. The lowest BCUT2D eigenvalue weighted by atomic mass is 10.0. The molecule has 0 amide bonds. The highest BCUT2D eigenvalue weighted by molar-refractivity contribution is 6.30. The maximum absolute atomic E-state index is 5.91. The first kappa shape index (κ1) is 9.34. The summed E-state index contributed by atoms with van der Waals surface area (Å²) in [7, 11) is 0. The van der Waals surface area contributed by atoms with E-state index in [0.29, 0.717) is 5.96 Å². The van der Waals surface area contributed by atoms with Crippen molar-refractivity contribution in [1.29, 1.82) is 0 Å². The third-order valence-electron chi connectivity index (χ3n) is 2.25. The molecule has 0 fully saturated rings. The second-order valence-electron chi connectivity index (χ2n) is 3.30. The molecule has 0 saturated heterocycles. The normalized spacial score (nSPS) is 21.2. The summed E-state index contributed by atoms with van der Waals surface area (Å²) in [5.74, 6) is 0.515. The van der Waals surface area contributed by atoms with Crippen molar-refractivity contribution in [2.45, 2.75) is 12.5 Å². The molecule has 14 heavy (non-hydrogen) atoms. The van der Waals surface area contributed by atoms with Crippen LogP contribution in [0.3, 0.4) is 0 Å². The maximum Gasteiger partial charge on any atom is 0.189 e. The average molecular weight is 210 g/mol.